The monoisotopic (exact) mass is 438 g/mol. The van der Waals surface area contributed by atoms with Crippen molar-refractivity contribution in [3.8, 4) is 23.0 Å². The van der Waals surface area contributed by atoms with Crippen LogP contribution in [0.2, 0.25) is 0 Å². The van der Waals surface area contributed by atoms with Crippen LogP contribution in [0, 0.1) is 5.41 Å². The second kappa shape index (κ2) is 7.00. The van der Waals surface area contributed by atoms with Crippen LogP contribution >= 0.6 is 0 Å². The van der Waals surface area contributed by atoms with Gasteiger partial charge in [0.15, 0.2) is 17.3 Å². The molecule has 0 spiro atoms. The van der Waals surface area contributed by atoms with Crippen LogP contribution in [-0.2, 0) is 4.79 Å². The van der Waals surface area contributed by atoms with Gasteiger partial charge < -0.3 is 9.84 Å². The Morgan fingerprint density at radius 3 is 2.61 bits per heavy atom. The number of hydrogen-bond donors (Lipinski definition) is 1. The predicted molar refractivity (Wildman–Crippen MR) is 122 cm³/mol. The van der Waals surface area contributed by atoms with Crippen molar-refractivity contribution < 1.29 is 14.6 Å². The Kier molecular flexibility index (Phi) is 4.17. The number of carbonyl (C=O) groups is 1. The zero-order chi connectivity index (χ0) is 22.7. The van der Waals surface area contributed by atoms with Crippen molar-refractivity contribution in [1.29, 1.82) is 0 Å². The first-order valence-electron chi connectivity index (χ1n) is 10.9. The lowest BCUT2D eigenvalue weighted by Gasteiger charge is -2.37. The van der Waals surface area contributed by atoms with E-state index in [4.69, 9.17) is 9.72 Å². The van der Waals surface area contributed by atoms with Crippen LogP contribution in [0.3, 0.4) is 0 Å². The summed E-state index contributed by atoms with van der Waals surface area (Å²) in [6.45, 7) is 4.16. The summed E-state index contributed by atoms with van der Waals surface area (Å²) in [6, 6.07) is 16.9. The summed E-state index contributed by atoms with van der Waals surface area (Å²) in [6.07, 6.45) is 2.69. The zero-order valence-electron chi connectivity index (χ0n) is 18.3. The lowest BCUT2D eigenvalue weighted by molar-refractivity contribution is -0.118. The van der Waals surface area contributed by atoms with E-state index in [9.17, 15) is 9.90 Å². The second-order valence-corrected chi connectivity index (χ2v) is 9.41. The lowest BCUT2D eigenvalue weighted by atomic mass is 9.70. The van der Waals surface area contributed by atoms with E-state index in [-0.39, 0.29) is 22.9 Å². The molecule has 0 amide bonds. The minimum Gasteiger partial charge on any atom is -0.507 e. The number of hydrogen-bond acceptors (Lipinski definition) is 6. The Morgan fingerprint density at radius 1 is 1.06 bits per heavy atom. The molecule has 1 aliphatic carbocycles. The number of aromatic hydroxyl groups is 1. The van der Waals surface area contributed by atoms with Crippen molar-refractivity contribution in [2.24, 2.45) is 5.41 Å². The minimum absolute atomic E-state index is 0.0863. The number of benzene rings is 2. The Balaban J connectivity index is 1.61. The number of ketones is 1. The molecule has 33 heavy (non-hydrogen) atoms. The fourth-order valence-electron chi connectivity index (χ4n) is 4.90. The van der Waals surface area contributed by atoms with E-state index < -0.39 is 0 Å². The molecule has 0 unspecified atom stereocenters. The summed E-state index contributed by atoms with van der Waals surface area (Å²) >= 11 is 0. The lowest BCUT2D eigenvalue weighted by Crippen LogP contribution is -2.33. The molecule has 1 N–H and O–H groups in total. The molecule has 3 heterocycles. The average molecular weight is 438 g/mol. The van der Waals surface area contributed by atoms with Gasteiger partial charge in [-0.25, -0.2) is 14.5 Å². The molecule has 164 valence electrons. The first-order valence-corrected chi connectivity index (χ1v) is 10.9. The fourth-order valence-corrected chi connectivity index (χ4v) is 4.90. The van der Waals surface area contributed by atoms with Gasteiger partial charge in [0.25, 0.3) is 0 Å². The van der Waals surface area contributed by atoms with Crippen molar-refractivity contribution in [2.75, 3.05) is 0 Å². The molecule has 2 aliphatic rings. The predicted octanol–water partition coefficient (Wildman–Crippen LogP) is 4.66. The van der Waals surface area contributed by atoms with E-state index in [1.54, 1.807) is 29.0 Å². The van der Waals surface area contributed by atoms with Crippen molar-refractivity contribution in [3.05, 3.63) is 83.4 Å². The Morgan fingerprint density at radius 2 is 1.82 bits per heavy atom. The first-order chi connectivity index (χ1) is 15.9. The summed E-state index contributed by atoms with van der Waals surface area (Å²) < 4.78 is 7.84. The van der Waals surface area contributed by atoms with Gasteiger partial charge in [0, 0.05) is 24.3 Å². The van der Waals surface area contributed by atoms with Crippen LogP contribution in [0.15, 0.2) is 72.3 Å². The van der Waals surface area contributed by atoms with Gasteiger partial charge >= 0.3 is 0 Å². The number of allylic oxidation sites excluding steroid dienone is 2. The average Bonchev–Trinajstić information content (AvgIpc) is 3.22. The number of rotatable bonds is 2. The summed E-state index contributed by atoms with van der Waals surface area (Å²) in [5.41, 5.74) is 3.27. The maximum Gasteiger partial charge on any atom is 0.228 e. The van der Waals surface area contributed by atoms with Gasteiger partial charge in [0.1, 0.15) is 17.8 Å². The third-order valence-corrected chi connectivity index (χ3v) is 6.34. The Bertz CT molecular complexity index is 1450. The van der Waals surface area contributed by atoms with Crippen LogP contribution in [0.5, 0.6) is 11.6 Å². The van der Waals surface area contributed by atoms with Crippen molar-refractivity contribution in [3.63, 3.8) is 0 Å². The molecule has 6 rings (SSSR count). The highest BCUT2D eigenvalue weighted by atomic mass is 16.5. The minimum atomic E-state index is -0.355. The molecule has 7 nitrogen and oxygen atoms in total. The Labute approximate surface area is 190 Å². The maximum atomic E-state index is 13.4. The number of aromatic nitrogens is 4. The number of carbonyl (C=O) groups excluding carboxylic acids is 1. The third-order valence-electron chi connectivity index (χ3n) is 6.34. The summed E-state index contributed by atoms with van der Waals surface area (Å²) in [5.74, 6) is 1.34. The molecule has 0 saturated heterocycles. The highest BCUT2D eigenvalue weighted by Crippen LogP contribution is 2.50. The van der Waals surface area contributed by atoms with Gasteiger partial charge in [-0.3, -0.25) is 4.79 Å². The smallest absolute Gasteiger partial charge is 0.228 e. The normalized spacial score (nSPS) is 19.2. The third kappa shape index (κ3) is 3.11. The van der Waals surface area contributed by atoms with Crippen LogP contribution in [0.4, 0.5) is 0 Å². The molecule has 4 aromatic rings. The molecule has 7 heteroatoms. The number of ether oxygens (including phenoxy) is 1. The van der Waals surface area contributed by atoms with Gasteiger partial charge in [-0.1, -0.05) is 56.3 Å². The molecular formula is C26H22N4O3. The van der Waals surface area contributed by atoms with E-state index in [0.717, 1.165) is 5.56 Å². The van der Waals surface area contributed by atoms with Gasteiger partial charge in [-0.05, 0) is 23.1 Å². The zero-order valence-corrected chi connectivity index (χ0v) is 18.3. The summed E-state index contributed by atoms with van der Waals surface area (Å²) in [5, 5.41) is 14.9. The van der Waals surface area contributed by atoms with E-state index in [1.807, 2.05) is 36.4 Å². The van der Waals surface area contributed by atoms with Crippen molar-refractivity contribution in [2.45, 2.75) is 32.6 Å². The number of para-hydroxylation sites is 1. The van der Waals surface area contributed by atoms with Crippen LogP contribution in [0.1, 0.15) is 43.7 Å². The Hall–Kier alpha value is -4.00. The quantitative estimate of drug-likeness (QED) is 0.489. The van der Waals surface area contributed by atoms with E-state index in [1.165, 1.54) is 0 Å². The topological polar surface area (TPSA) is 89.6 Å². The first kappa shape index (κ1) is 19.7. The van der Waals surface area contributed by atoms with E-state index >= 15 is 0 Å². The molecule has 2 aromatic heterocycles. The maximum absolute atomic E-state index is 13.4. The molecule has 0 bridgehead atoms. The molecular weight excluding hydrogens is 416 g/mol. The molecule has 1 aliphatic heterocycles. The van der Waals surface area contributed by atoms with Crippen molar-refractivity contribution >= 4 is 11.4 Å². The molecule has 0 saturated carbocycles. The molecule has 0 fully saturated rings. The van der Waals surface area contributed by atoms with Crippen LogP contribution < -0.4 is 4.74 Å². The number of phenolic OH excluding ortho intramolecular Hbond substituents is 1. The van der Waals surface area contributed by atoms with Gasteiger partial charge in [0.05, 0.1) is 11.1 Å². The van der Waals surface area contributed by atoms with E-state index in [0.29, 0.717) is 52.7 Å². The highest BCUT2D eigenvalue weighted by molar-refractivity contribution is 6.00. The van der Waals surface area contributed by atoms with Crippen LogP contribution in [0.25, 0.3) is 17.0 Å². The summed E-state index contributed by atoms with van der Waals surface area (Å²) in [4.78, 5) is 22.7. The van der Waals surface area contributed by atoms with Crippen molar-refractivity contribution in [1.82, 2.24) is 19.6 Å². The van der Waals surface area contributed by atoms with Gasteiger partial charge in [-0.2, -0.15) is 0 Å². The molecule has 2 aromatic carbocycles. The van der Waals surface area contributed by atoms with Gasteiger partial charge in [-0.15, -0.1) is 5.10 Å². The second-order valence-electron chi connectivity index (χ2n) is 9.41. The molecule has 1 atom stereocenters. The molecule has 0 radical (unpaired) electrons. The number of phenols is 1. The number of nitrogens with zero attached hydrogens (tertiary/aromatic N) is 4. The van der Waals surface area contributed by atoms with Crippen LogP contribution in [-0.4, -0.2) is 30.5 Å². The summed E-state index contributed by atoms with van der Waals surface area (Å²) in [7, 11) is 0. The standard InChI is InChI=1S/C26H22N4O3/c1-26(2)12-18(32)21-19(13-26)33-25-22(20(21)15-8-4-3-5-9-15)24-28-23(29-30(24)14-27-25)16-10-6-7-11-17(16)31/h3-11,14,20,31H,12-13H2,1-2H3/t20-/m0/s1. The fraction of sp³-hybridized carbons (Fsp3) is 0.231. The highest BCUT2D eigenvalue weighted by Gasteiger charge is 2.43. The number of Topliss-reactive ketones (excluding diaryl/α,β-unsaturated/α-hetero) is 1. The van der Waals surface area contributed by atoms with E-state index in [2.05, 4.69) is 23.9 Å². The van der Waals surface area contributed by atoms with Gasteiger partial charge in [0.2, 0.25) is 5.88 Å². The largest absolute Gasteiger partial charge is 0.507 e. The SMILES string of the molecule is CC1(C)CC(=O)C2=C(C1)Oc1ncn3nc(-c4ccccc4O)nc3c1[C@H]2c1ccccc1. The number of fused-ring (bicyclic) bond motifs is 3.